The number of hydrogen-bond acceptors (Lipinski definition) is 6. The van der Waals surface area contributed by atoms with Gasteiger partial charge in [0.15, 0.2) is 0 Å². The number of aliphatic hydroxyl groups is 1. The van der Waals surface area contributed by atoms with Crippen LogP contribution in [-0.2, 0) is 21.5 Å². The van der Waals surface area contributed by atoms with Crippen LogP contribution in [0.25, 0.3) is 5.76 Å². The molecular formula is C31H32ClNO6. The van der Waals surface area contributed by atoms with E-state index in [0.717, 1.165) is 11.1 Å². The first-order valence-corrected chi connectivity index (χ1v) is 12.8. The average molecular weight is 550 g/mol. The number of halogens is 1. The third-order valence-electron chi connectivity index (χ3n) is 6.85. The first-order valence-electron chi connectivity index (χ1n) is 12.4. The molecule has 1 unspecified atom stereocenters. The standard InChI is InChI=1S/C31H32ClNO6/c1-31(2,3)20-12-10-19(11-13-20)27-26(28(34)22-15-25(39-6)23(32)16-24(22)38-5)29(35)30(36)33(27)17-18-8-7-9-21(14-18)37-4/h7-16,27,34H,17H2,1-6H3/b28-26+. The highest BCUT2D eigenvalue weighted by Gasteiger charge is 2.46. The summed E-state index contributed by atoms with van der Waals surface area (Å²) in [5.74, 6) is -0.735. The third kappa shape index (κ3) is 5.45. The second-order valence-electron chi connectivity index (χ2n) is 10.3. The number of aliphatic hydroxyl groups excluding tert-OH is 1. The summed E-state index contributed by atoms with van der Waals surface area (Å²) < 4.78 is 16.1. The number of methoxy groups -OCH3 is 3. The normalized spacial score (nSPS) is 16.9. The molecule has 1 heterocycles. The zero-order valence-electron chi connectivity index (χ0n) is 22.9. The van der Waals surface area contributed by atoms with Crippen LogP contribution >= 0.6 is 11.6 Å². The number of carbonyl (C=O) groups excluding carboxylic acids is 2. The molecule has 1 saturated heterocycles. The Labute approximate surface area is 233 Å². The number of amides is 1. The highest BCUT2D eigenvalue weighted by molar-refractivity contribution is 6.46. The number of nitrogens with zero attached hydrogens (tertiary/aromatic N) is 1. The minimum absolute atomic E-state index is 0.0471. The van der Waals surface area contributed by atoms with Gasteiger partial charge in [-0.15, -0.1) is 0 Å². The Morgan fingerprint density at radius 3 is 2.18 bits per heavy atom. The van der Waals surface area contributed by atoms with Crippen molar-refractivity contribution < 1.29 is 28.9 Å². The van der Waals surface area contributed by atoms with E-state index >= 15 is 0 Å². The van der Waals surface area contributed by atoms with Crippen LogP contribution in [0.15, 0.2) is 66.2 Å². The number of benzene rings is 3. The number of Topliss-reactive ketones (excluding diaryl/α,β-unsaturated/α-hetero) is 1. The number of carbonyl (C=O) groups is 2. The fourth-order valence-corrected chi connectivity index (χ4v) is 4.94. The van der Waals surface area contributed by atoms with Gasteiger partial charge in [-0.2, -0.15) is 0 Å². The predicted molar refractivity (Wildman–Crippen MR) is 151 cm³/mol. The molecule has 1 aliphatic heterocycles. The monoisotopic (exact) mass is 549 g/mol. The van der Waals surface area contributed by atoms with Crippen molar-refractivity contribution in [1.29, 1.82) is 0 Å². The van der Waals surface area contributed by atoms with Crippen LogP contribution in [0.3, 0.4) is 0 Å². The van der Waals surface area contributed by atoms with Gasteiger partial charge in [0, 0.05) is 12.6 Å². The number of ketones is 1. The molecule has 0 radical (unpaired) electrons. The van der Waals surface area contributed by atoms with E-state index in [1.54, 1.807) is 13.2 Å². The van der Waals surface area contributed by atoms with Crippen LogP contribution in [0.5, 0.6) is 17.2 Å². The molecule has 1 N–H and O–H groups in total. The minimum atomic E-state index is -0.850. The zero-order chi connectivity index (χ0) is 28.5. The average Bonchev–Trinajstić information content (AvgIpc) is 3.17. The Kier molecular flexibility index (Phi) is 7.93. The second kappa shape index (κ2) is 11.0. The Morgan fingerprint density at radius 1 is 0.923 bits per heavy atom. The molecule has 1 aliphatic rings. The molecule has 0 bridgehead atoms. The van der Waals surface area contributed by atoms with Crippen molar-refractivity contribution in [2.45, 2.75) is 38.8 Å². The summed E-state index contributed by atoms with van der Waals surface area (Å²) in [4.78, 5) is 28.5. The predicted octanol–water partition coefficient (Wildman–Crippen LogP) is 6.29. The van der Waals surface area contributed by atoms with E-state index in [1.165, 1.54) is 31.3 Å². The van der Waals surface area contributed by atoms with Crippen LogP contribution in [0.1, 0.15) is 49.1 Å². The fourth-order valence-electron chi connectivity index (χ4n) is 4.71. The van der Waals surface area contributed by atoms with Crippen molar-refractivity contribution in [2.75, 3.05) is 21.3 Å². The van der Waals surface area contributed by atoms with Crippen molar-refractivity contribution >= 4 is 29.1 Å². The lowest BCUT2D eigenvalue weighted by Crippen LogP contribution is -2.29. The maximum Gasteiger partial charge on any atom is 0.295 e. The lowest BCUT2D eigenvalue weighted by Gasteiger charge is -2.27. The molecule has 204 valence electrons. The third-order valence-corrected chi connectivity index (χ3v) is 7.14. The summed E-state index contributed by atoms with van der Waals surface area (Å²) in [5.41, 5.74) is 2.61. The van der Waals surface area contributed by atoms with Crippen LogP contribution in [0, 0.1) is 0 Å². The molecule has 39 heavy (non-hydrogen) atoms. The molecule has 1 fully saturated rings. The van der Waals surface area contributed by atoms with E-state index in [4.69, 9.17) is 25.8 Å². The van der Waals surface area contributed by atoms with Crippen LogP contribution in [-0.4, -0.2) is 43.0 Å². The van der Waals surface area contributed by atoms with Gasteiger partial charge in [-0.25, -0.2) is 0 Å². The van der Waals surface area contributed by atoms with E-state index in [9.17, 15) is 14.7 Å². The first-order chi connectivity index (χ1) is 18.5. The minimum Gasteiger partial charge on any atom is -0.507 e. The van der Waals surface area contributed by atoms with Crippen LogP contribution in [0.4, 0.5) is 0 Å². The summed E-state index contributed by atoms with van der Waals surface area (Å²) in [6, 6.07) is 17.2. The van der Waals surface area contributed by atoms with E-state index in [0.29, 0.717) is 11.3 Å². The molecule has 0 aliphatic carbocycles. The molecule has 1 atom stereocenters. The Hall–Kier alpha value is -3.97. The molecular weight excluding hydrogens is 518 g/mol. The highest BCUT2D eigenvalue weighted by atomic mass is 35.5. The number of likely N-dealkylation sites (tertiary alicyclic amines) is 1. The molecule has 0 spiro atoms. The Bertz CT molecular complexity index is 1440. The lowest BCUT2D eigenvalue weighted by molar-refractivity contribution is -0.140. The van der Waals surface area contributed by atoms with Gasteiger partial charge in [-0.05, 0) is 40.3 Å². The van der Waals surface area contributed by atoms with Crippen molar-refractivity contribution in [3.05, 3.63) is 93.5 Å². The molecule has 0 saturated carbocycles. The van der Waals surface area contributed by atoms with Gasteiger partial charge in [-0.1, -0.05) is 68.8 Å². The van der Waals surface area contributed by atoms with Gasteiger partial charge >= 0.3 is 0 Å². The quantitative estimate of drug-likeness (QED) is 0.212. The van der Waals surface area contributed by atoms with Crippen molar-refractivity contribution in [2.24, 2.45) is 0 Å². The number of hydrogen-bond donors (Lipinski definition) is 1. The number of ether oxygens (including phenoxy) is 3. The Morgan fingerprint density at radius 2 is 1.59 bits per heavy atom. The van der Waals surface area contributed by atoms with Crippen molar-refractivity contribution in [3.8, 4) is 17.2 Å². The van der Waals surface area contributed by atoms with E-state index < -0.39 is 17.7 Å². The van der Waals surface area contributed by atoms with E-state index in [-0.39, 0.29) is 45.4 Å². The summed E-state index contributed by atoms with van der Waals surface area (Å²) in [6.45, 7) is 6.45. The molecule has 3 aromatic carbocycles. The molecule has 8 heteroatoms. The van der Waals surface area contributed by atoms with Gasteiger partial charge in [-0.3, -0.25) is 9.59 Å². The first kappa shape index (κ1) is 28.0. The smallest absolute Gasteiger partial charge is 0.295 e. The summed E-state index contributed by atoms with van der Waals surface area (Å²) in [6.07, 6.45) is 0. The lowest BCUT2D eigenvalue weighted by atomic mass is 9.85. The highest BCUT2D eigenvalue weighted by Crippen LogP contribution is 2.44. The molecule has 4 rings (SSSR count). The summed E-state index contributed by atoms with van der Waals surface area (Å²) in [5, 5.41) is 11.9. The van der Waals surface area contributed by atoms with Gasteiger partial charge in [0.25, 0.3) is 11.7 Å². The Balaban J connectivity index is 1.92. The van der Waals surface area contributed by atoms with Crippen molar-refractivity contribution in [1.82, 2.24) is 4.90 Å². The largest absolute Gasteiger partial charge is 0.507 e. The molecule has 7 nitrogen and oxygen atoms in total. The summed E-state index contributed by atoms with van der Waals surface area (Å²) >= 11 is 6.27. The SMILES string of the molecule is COc1cccc(CN2C(=O)C(=O)/C(=C(/O)c3cc(OC)c(Cl)cc3OC)C2c2ccc(C(C)(C)C)cc2)c1. The van der Waals surface area contributed by atoms with Crippen LogP contribution in [0.2, 0.25) is 5.02 Å². The van der Waals surface area contributed by atoms with E-state index in [2.05, 4.69) is 20.8 Å². The molecule has 0 aromatic heterocycles. The number of rotatable bonds is 7. The maximum atomic E-state index is 13.5. The van der Waals surface area contributed by atoms with Gasteiger partial charge in [0.1, 0.15) is 23.0 Å². The second-order valence-corrected chi connectivity index (χ2v) is 10.7. The van der Waals surface area contributed by atoms with Gasteiger partial charge < -0.3 is 24.2 Å². The van der Waals surface area contributed by atoms with Crippen molar-refractivity contribution in [3.63, 3.8) is 0 Å². The maximum absolute atomic E-state index is 13.5. The van der Waals surface area contributed by atoms with E-state index in [1.807, 2.05) is 42.5 Å². The molecule has 1 amide bonds. The van der Waals surface area contributed by atoms with Gasteiger partial charge in [0.2, 0.25) is 0 Å². The fraction of sp³-hybridized carbons (Fsp3) is 0.290. The molecule has 3 aromatic rings. The van der Waals surface area contributed by atoms with Gasteiger partial charge in [0.05, 0.1) is 43.5 Å². The van der Waals surface area contributed by atoms with Crippen LogP contribution < -0.4 is 14.2 Å². The zero-order valence-corrected chi connectivity index (χ0v) is 23.6. The summed E-state index contributed by atoms with van der Waals surface area (Å²) in [7, 11) is 4.44. The topological polar surface area (TPSA) is 85.3 Å².